The zero-order valence-electron chi connectivity index (χ0n) is 15.4. The second-order valence-electron chi connectivity index (χ2n) is 5.77. The van der Waals surface area contributed by atoms with Crippen molar-refractivity contribution in [1.29, 1.82) is 5.26 Å². The molecule has 142 valence electrons. The number of nitriles is 1. The average Bonchev–Trinajstić information content (AvgIpc) is 3.13. The molecule has 3 aromatic rings. The fraction of sp³-hybridized carbons (Fsp3) is 0.143. The fourth-order valence-electron chi connectivity index (χ4n) is 2.51. The van der Waals surface area contributed by atoms with Gasteiger partial charge >= 0.3 is 0 Å². The van der Waals surface area contributed by atoms with Crippen LogP contribution in [0.4, 0.5) is 5.88 Å². The SMILES string of the molecule is COc1ccc(/C=C/c2nc(C#N)c(NCc3ccc(Cl)cc3)o2)cc1OC. The van der Waals surface area contributed by atoms with Crippen molar-refractivity contribution in [1.82, 2.24) is 4.98 Å². The number of rotatable bonds is 7. The lowest BCUT2D eigenvalue weighted by Gasteiger charge is -2.07. The van der Waals surface area contributed by atoms with E-state index in [9.17, 15) is 5.26 Å². The quantitative estimate of drug-likeness (QED) is 0.606. The molecule has 0 aliphatic heterocycles. The highest BCUT2D eigenvalue weighted by molar-refractivity contribution is 6.30. The Labute approximate surface area is 168 Å². The first-order valence-corrected chi connectivity index (χ1v) is 8.80. The zero-order chi connectivity index (χ0) is 19.9. The van der Waals surface area contributed by atoms with Crippen LogP contribution in [0.3, 0.4) is 0 Å². The van der Waals surface area contributed by atoms with E-state index in [0.717, 1.165) is 11.1 Å². The first-order valence-electron chi connectivity index (χ1n) is 8.42. The summed E-state index contributed by atoms with van der Waals surface area (Å²) in [5, 5.41) is 13.0. The van der Waals surface area contributed by atoms with Gasteiger partial charge in [0.25, 0.3) is 0 Å². The van der Waals surface area contributed by atoms with Crippen LogP contribution in [0.25, 0.3) is 12.2 Å². The largest absolute Gasteiger partial charge is 0.493 e. The molecule has 0 aliphatic carbocycles. The molecule has 0 spiro atoms. The number of nitrogens with zero attached hydrogens (tertiary/aromatic N) is 2. The summed E-state index contributed by atoms with van der Waals surface area (Å²) in [6.45, 7) is 0.486. The number of halogens is 1. The molecule has 0 bridgehead atoms. The molecule has 1 heterocycles. The summed E-state index contributed by atoms with van der Waals surface area (Å²) < 4.78 is 16.2. The summed E-state index contributed by atoms with van der Waals surface area (Å²) in [4.78, 5) is 4.19. The number of nitrogens with one attached hydrogen (secondary N) is 1. The van der Waals surface area contributed by atoms with E-state index in [1.807, 2.05) is 42.5 Å². The van der Waals surface area contributed by atoms with Crippen molar-refractivity contribution >= 4 is 29.6 Å². The minimum atomic E-state index is 0.195. The molecule has 0 radical (unpaired) electrons. The number of benzene rings is 2. The van der Waals surface area contributed by atoms with Crippen LogP contribution in [0.2, 0.25) is 5.02 Å². The molecular weight excluding hydrogens is 378 g/mol. The Balaban J connectivity index is 1.74. The molecule has 0 aliphatic rings. The number of hydrogen-bond donors (Lipinski definition) is 1. The van der Waals surface area contributed by atoms with Crippen LogP contribution < -0.4 is 14.8 Å². The predicted molar refractivity (Wildman–Crippen MR) is 108 cm³/mol. The third-order valence-electron chi connectivity index (χ3n) is 3.94. The molecule has 6 nitrogen and oxygen atoms in total. The summed E-state index contributed by atoms with van der Waals surface area (Å²) in [7, 11) is 3.17. The van der Waals surface area contributed by atoms with Crippen molar-refractivity contribution < 1.29 is 13.9 Å². The topological polar surface area (TPSA) is 80.3 Å². The molecule has 0 atom stereocenters. The average molecular weight is 396 g/mol. The van der Waals surface area contributed by atoms with Crippen molar-refractivity contribution in [2.45, 2.75) is 6.54 Å². The molecule has 0 unspecified atom stereocenters. The molecule has 0 saturated heterocycles. The van der Waals surface area contributed by atoms with E-state index in [4.69, 9.17) is 25.5 Å². The monoisotopic (exact) mass is 395 g/mol. The van der Waals surface area contributed by atoms with Gasteiger partial charge in [-0.3, -0.25) is 0 Å². The van der Waals surface area contributed by atoms with Gasteiger partial charge in [0.15, 0.2) is 11.5 Å². The van der Waals surface area contributed by atoms with Crippen molar-refractivity contribution in [3.63, 3.8) is 0 Å². The van der Waals surface area contributed by atoms with Gasteiger partial charge < -0.3 is 19.2 Å². The highest BCUT2D eigenvalue weighted by atomic mass is 35.5. The van der Waals surface area contributed by atoms with E-state index >= 15 is 0 Å². The minimum absolute atomic E-state index is 0.195. The van der Waals surface area contributed by atoms with Gasteiger partial charge in [-0.15, -0.1) is 0 Å². The predicted octanol–water partition coefficient (Wildman–Crippen LogP) is 5.00. The minimum Gasteiger partial charge on any atom is -0.493 e. The van der Waals surface area contributed by atoms with Crippen molar-refractivity contribution in [2.24, 2.45) is 0 Å². The highest BCUT2D eigenvalue weighted by Gasteiger charge is 2.11. The third kappa shape index (κ3) is 4.64. The Morgan fingerprint density at radius 2 is 1.86 bits per heavy atom. The Kier molecular flexibility index (Phi) is 6.20. The Morgan fingerprint density at radius 1 is 1.11 bits per heavy atom. The lowest BCUT2D eigenvalue weighted by atomic mass is 10.2. The maximum absolute atomic E-state index is 9.29. The van der Waals surface area contributed by atoms with E-state index in [-0.39, 0.29) is 5.69 Å². The standard InChI is InChI=1S/C21H18ClN3O3/c1-26-18-9-5-14(11-19(18)27-2)6-10-20-25-17(12-23)21(28-20)24-13-15-3-7-16(22)8-4-15/h3-11,24H,13H2,1-2H3/b10-6+. The van der Waals surface area contributed by atoms with E-state index in [1.54, 1.807) is 32.4 Å². The van der Waals surface area contributed by atoms with Gasteiger partial charge in [-0.25, -0.2) is 0 Å². The molecule has 1 N–H and O–H groups in total. The summed E-state index contributed by atoms with van der Waals surface area (Å²) in [6, 6.07) is 15.0. The Bertz CT molecular complexity index is 1020. The van der Waals surface area contributed by atoms with E-state index in [1.165, 1.54) is 0 Å². The maximum Gasteiger partial charge on any atom is 0.232 e. The van der Waals surface area contributed by atoms with Crippen LogP contribution in [-0.4, -0.2) is 19.2 Å². The Morgan fingerprint density at radius 3 is 2.54 bits per heavy atom. The third-order valence-corrected chi connectivity index (χ3v) is 4.19. The molecule has 0 amide bonds. The first-order chi connectivity index (χ1) is 13.6. The van der Waals surface area contributed by atoms with Gasteiger partial charge in [0.2, 0.25) is 17.5 Å². The summed E-state index contributed by atoms with van der Waals surface area (Å²) in [5.74, 6) is 1.92. The molecule has 0 saturated carbocycles. The smallest absolute Gasteiger partial charge is 0.232 e. The van der Waals surface area contributed by atoms with Gasteiger partial charge in [-0.2, -0.15) is 10.2 Å². The number of oxazole rings is 1. The first kappa shape index (κ1) is 19.3. The van der Waals surface area contributed by atoms with Crippen LogP contribution in [-0.2, 0) is 6.54 Å². The van der Waals surface area contributed by atoms with Gasteiger partial charge in [0.05, 0.1) is 14.2 Å². The second kappa shape index (κ2) is 8.98. The van der Waals surface area contributed by atoms with Crippen LogP contribution in [0.5, 0.6) is 11.5 Å². The molecule has 28 heavy (non-hydrogen) atoms. The van der Waals surface area contributed by atoms with Crippen molar-refractivity contribution in [2.75, 3.05) is 19.5 Å². The van der Waals surface area contributed by atoms with Crippen molar-refractivity contribution in [3.8, 4) is 17.6 Å². The van der Waals surface area contributed by atoms with E-state index in [2.05, 4.69) is 10.3 Å². The van der Waals surface area contributed by atoms with E-state index in [0.29, 0.717) is 34.8 Å². The lowest BCUT2D eigenvalue weighted by Crippen LogP contribution is -1.99. The highest BCUT2D eigenvalue weighted by Crippen LogP contribution is 2.28. The summed E-state index contributed by atoms with van der Waals surface area (Å²) in [5.41, 5.74) is 2.08. The van der Waals surface area contributed by atoms with Gasteiger partial charge in [-0.1, -0.05) is 29.8 Å². The summed E-state index contributed by atoms with van der Waals surface area (Å²) in [6.07, 6.45) is 3.51. The fourth-order valence-corrected chi connectivity index (χ4v) is 2.64. The van der Waals surface area contributed by atoms with E-state index < -0.39 is 0 Å². The molecule has 0 fully saturated rings. The van der Waals surface area contributed by atoms with Crippen LogP contribution in [0.15, 0.2) is 46.9 Å². The van der Waals surface area contributed by atoms with Gasteiger partial charge in [-0.05, 0) is 41.5 Å². The van der Waals surface area contributed by atoms with Crippen LogP contribution >= 0.6 is 11.6 Å². The zero-order valence-corrected chi connectivity index (χ0v) is 16.2. The van der Waals surface area contributed by atoms with Crippen LogP contribution in [0, 0.1) is 11.3 Å². The number of methoxy groups -OCH3 is 2. The molecule has 7 heteroatoms. The molecule has 3 rings (SSSR count). The number of anilines is 1. The number of aromatic nitrogens is 1. The molecular formula is C21H18ClN3O3. The van der Waals surface area contributed by atoms with Gasteiger partial charge in [0.1, 0.15) is 6.07 Å². The number of ether oxygens (including phenoxy) is 2. The molecule has 2 aromatic carbocycles. The van der Waals surface area contributed by atoms with Crippen molar-refractivity contribution in [3.05, 3.63) is 70.2 Å². The number of hydrogen-bond acceptors (Lipinski definition) is 6. The normalized spacial score (nSPS) is 10.6. The summed E-state index contributed by atoms with van der Waals surface area (Å²) >= 11 is 5.89. The maximum atomic E-state index is 9.29. The lowest BCUT2D eigenvalue weighted by molar-refractivity contribution is 0.355. The molecule has 1 aromatic heterocycles. The van der Waals surface area contributed by atoms with Gasteiger partial charge in [0, 0.05) is 17.6 Å². The second-order valence-corrected chi connectivity index (χ2v) is 6.21. The van der Waals surface area contributed by atoms with Crippen LogP contribution in [0.1, 0.15) is 22.7 Å². The Hall–Kier alpha value is -3.43.